The first-order valence-electron chi connectivity index (χ1n) is 7.08. The Kier molecular flexibility index (Phi) is 3.77. The highest BCUT2D eigenvalue weighted by Crippen LogP contribution is 2.40. The van der Waals surface area contributed by atoms with E-state index in [0.717, 1.165) is 21.5 Å². The number of halogens is 1. The summed E-state index contributed by atoms with van der Waals surface area (Å²) < 4.78 is 9.29. The van der Waals surface area contributed by atoms with Gasteiger partial charge in [0, 0.05) is 23.5 Å². The zero-order chi connectivity index (χ0) is 15.0. The highest BCUT2D eigenvalue weighted by molar-refractivity contribution is 9.10. The first kappa shape index (κ1) is 14.2. The Bertz CT molecular complexity index is 750. The molecule has 0 aliphatic carbocycles. The lowest BCUT2D eigenvalue weighted by molar-refractivity contribution is 0.243. The topological polar surface area (TPSA) is 14.2 Å². The quantitative estimate of drug-likeness (QED) is 0.621. The van der Waals surface area contributed by atoms with Gasteiger partial charge in [0.15, 0.2) is 0 Å². The molecule has 21 heavy (non-hydrogen) atoms. The monoisotopic (exact) mass is 343 g/mol. The van der Waals surface area contributed by atoms with Gasteiger partial charge in [-0.1, -0.05) is 30.3 Å². The van der Waals surface area contributed by atoms with Crippen molar-refractivity contribution in [2.75, 3.05) is 0 Å². The normalized spacial score (nSPS) is 11.3. The minimum atomic E-state index is 0.152. The van der Waals surface area contributed by atoms with Crippen LogP contribution in [0.25, 0.3) is 22.2 Å². The van der Waals surface area contributed by atoms with Crippen LogP contribution in [0.5, 0.6) is 5.75 Å². The molecule has 3 heteroatoms. The molecule has 2 aromatic carbocycles. The summed E-state index contributed by atoms with van der Waals surface area (Å²) in [4.78, 5) is 0. The van der Waals surface area contributed by atoms with Crippen LogP contribution in [0.2, 0.25) is 0 Å². The highest BCUT2D eigenvalue weighted by atomic mass is 79.9. The van der Waals surface area contributed by atoms with E-state index in [1.165, 1.54) is 10.9 Å². The SMILES string of the molecule is CC(C)Oc1ccccc1-c1c(Br)c2ccccc2n1C. The van der Waals surface area contributed by atoms with E-state index < -0.39 is 0 Å². The number of rotatable bonds is 3. The smallest absolute Gasteiger partial charge is 0.129 e. The van der Waals surface area contributed by atoms with Gasteiger partial charge in [0.2, 0.25) is 0 Å². The van der Waals surface area contributed by atoms with Crippen molar-refractivity contribution in [2.24, 2.45) is 7.05 Å². The average molecular weight is 344 g/mol. The van der Waals surface area contributed by atoms with E-state index >= 15 is 0 Å². The molecule has 1 heterocycles. The molecule has 2 nitrogen and oxygen atoms in total. The zero-order valence-electron chi connectivity index (χ0n) is 12.4. The van der Waals surface area contributed by atoms with Crippen molar-refractivity contribution in [1.29, 1.82) is 0 Å². The first-order chi connectivity index (χ1) is 10.1. The molecule has 0 radical (unpaired) electrons. The average Bonchev–Trinajstić information content (AvgIpc) is 2.72. The third-order valence-electron chi connectivity index (χ3n) is 3.55. The molecule has 0 aliphatic heterocycles. The van der Waals surface area contributed by atoms with Crippen molar-refractivity contribution in [2.45, 2.75) is 20.0 Å². The van der Waals surface area contributed by atoms with Gasteiger partial charge in [-0.3, -0.25) is 0 Å². The van der Waals surface area contributed by atoms with Crippen LogP contribution >= 0.6 is 15.9 Å². The molecular formula is C18H18BrNO. The fourth-order valence-corrected chi connectivity index (χ4v) is 3.48. The fraction of sp³-hybridized carbons (Fsp3) is 0.222. The van der Waals surface area contributed by atoms with E-state index in [9.17, 15) is 0 Å². The Balaban J connectivity index is 2.26. The van der Waals surface area contributed by atoms with Crippen LogP contribution in [-0.4, -0.2) is 10.7 Å². The van der Waals surface area contributed by atoms with Crippen molar-refractivity contribution in [3.63, 3.8) is 0 Å². The van der Waals surface area contributed by atoms with E-state index in [4.69, 9.17) is 4.74 Å². The molecule has 3 aromatic rings. The van der Waals surface area contributed by atoms with E-state index in [2.05, 4.69) is 57.9 Å². The lowest BCUT2D eigenvalue weighted by Gasteiger charge is -2.15. The summed E-state index contributed by atoms with van der Waals surface area (Å²) in [5.74, 6) is 0.916. The van der Waals surface area contributed by atoms with E-state index in [-0.39, 0.29) is 6.10 Å². The van der Waals surface area contributed by atoms with Crippen molar-refractivity contribution in [3.05, 3.63) is 53.0 Å². The summed E-state index contributed by atoms with van der Waals surface area (Å²) in [6, 6.07) is 16.6. The predicted molar refractivity (Wildman–Crippen MR) is 91.8 cm³/mol. The van der Waals surface area contributed by atoms with Gasteiger partial charge < -0.3 is 9.30 Å². The van der Waals surface area contributed by atoms with Crippen molar-refractivity contribution in [3.8, 4) is 17.0 Å². The molecule has 0 amide bonds. The summed E-state index contributed by atoms with van der Waals surface area (Å²) in [5.41, 5.74) is 3.46. The largest absolute Gasteiger partial charge is 0.490 e. The maximum Gasteiger partial charge on any atom is 0.129 e. The molecule has 0 saturated carbocycles. The number of aryl methyl sites for hydroxylation is 1. The molecule has 0 spiro atoms. The third-order valence-corrected chi connectivity index (χ3v) is 4.35. The van der Waals surface area contributed by atoms with Gasteiger partial charge in [-0.05, 0) is 48.0 Å². The van der Waals surface area contributed by atoms with Crippen LogP contribution in [0, 0.1) is 0 Å². The van der Waals surface area contributed by atoms with Crippen LogP contribution in [0.1, 0.15) is 13.8 Å². The molecule has 108 valence electrons. The summed E-state index contributed by atoms with van der Waals surface area (Å²) in [6.07, 6.45) is 0.152. The molecule has 3 rings (SSSR count). The second-order valence-corrected chi connectivity index (χ2v) is 6.19. The maximum absolute atomic E-state index is 5.97. The molecule has 0 N–H and O–H groups in total. The second kappa shape index (κ2) is 5.57. The summed E-state index contributed by atoms with van der Waals surface area (Å²) in [6.45, 7) is 4.10. The van der Waals surface area contributed by atoms with Crippen LogP contribution in [0.3, 0.4) is 0 Å². The maximum atomic E-state index is 5.97. The number of nitrogens with zero attached hydrogens (tertiary/aromatic N) is 1. The van der Waals surface area contributed by atoms with Crippen molar-refractivity contribution >= 4 is 26.8 Å². The summed E-state index contributed by atoms with van der Waals surface area (Å²) in [7, 11) is 2.09. The van der Waals surface area contributed by atoms with Crippen LogP contribution in [-0.2, 0) is 7.05 Å². The van der Waals surface area contributed by atoms with Crippen molar-refractivity contribution < 1.29 is 4.74 Å². The fourth-order valence-electron chi connectivity index (χ4n) is 2.66. The number of para-hydroxylation sites is 2. The van der Waals surface area contributed by atoms with E-state index in [0.29, 0.717) is 0 Å². The van der Waals surface area contributed by atoms with Gasteiger partial charge in [-0.2, -0.15) is 0 Å². The first-order valence-corrected chi connectivity index (χ1v) is 7.88. The number of hydrogen-bond acceptors (Lipinski definition) is 1. The number of fused-ring (bicyclic) bond motifs is 1. The lowest BCUT2D eigenvalue weighted by Crippen LogP contribution is -2.07. The Labute approximate surface area is 133 Å². The minimum absolute atomic E-state index is 0.152. The van der Waals surface area contributed by atoms with Gasteiger partial charge in [-0.15, -0.1) is 0 Å². The van der Waals surface area contributed by atoms with Gasteiger partial charge in [0.25, 0.3) is 0 Å². The number of aromatic nitrogens is 1. The Morgan fingerprint density at radius 2 is 1.67 bits per heavy atom. The number of hydrogen-bond donors (Lipinski definition) is 0. The predicted octanol–water partition coefficient (Wildman–Crippen LogP) is 5.40. The number of ether oxygens (including phenoxy) is 1. The Hall–Kier alpha value is -1.74. The van der Waals surface area contributed by atoms with Gasteiger partial charge >= 0.3 is 0 Å². The second-order valence-electron chi connectivity index (χ2n) is 5.40. The molecule has 1 aromatic heterocycles. The van der Waals surface area contributed by atoms with Crippen LogP contribution < -0.4 is 4.74 Å². The van der Waals surface area contributed by atoms with Gasteiger partial charge in [-0.25, -0.2) is 0 Å². The molecule has 0 unspecified atom stereocenters. The molecule has 0 aliphatic rings. The summed E-state index contributed by atoms with van der Waals surface area (Å²) in [5, 5.41) is 1.22. The molecule has 0 fully saturated rings. The summed E-state index contributed by atoms with van der Waals surface area (Å²) >= 11 is 3.76. The van der Waals surface area contributed by atoms with Crippen LogP contribution in [0.4, 0.5) is 0 Å². The van der Waals surface area contributed by atoms with E-state index in [1.54, 1.807) is 0 Å². The van der Waals surface area contributed by atoms with Crippen LogP contribution in [0.15, 0.2) is 53.0 Å². The zero-order valence-corrected chi connectivity index (χ0v) is 14.0. The van der Waals surface area contributed by atoms with E-state index in [1.807, 2.05) is 32.0 Å². The lowest BCUT2D eigenvalue weighted by atomic mass is 10.1. The Morgan fingerprint density at radius 3 is 2.38 bits per heavy atom. The highest BCUT2D eigenvalue weighted by Gasteiger charge is 2.17. The number of benzene rings is 2. The molecule has 0 bridgehead atoms. The standard InChI is InChI=1S/C18H18BrNO/c1-12(2)21-16-11-7-5-9-14(16)18-17(19)13-8-4-6-10-15(13)20(18)3/h4-12H,1-3H3. The van der Waals surface area contributed by atoms with Gasteiger partial charge in [0.05, 0.1) is 16.3 Å². The van der Waals surface area contributed by atoms with Crippen molar-refractivity contribution in [1.82, 2.24) is 4.57 Å². The third kappa shape index (κ3) is 2.46. The molecular weight excluding hydrogens is 326 g/mol. The Morgan fingerprint density at radius 1 is 1.00 bits per heavy atom. The van der Waals surface area contributed by atoms with Gasteiger partial charge in [0.1, 0.15) is 5.75 Å². The minimum Gasteiger partial charge on any atom is -0.490 e. The molecule has 0 saturated heterocycles. The molecule has 0 atom stereocenters.